The molecule has 0 bridgehead atoms. The number of nitriles is 1. The first-order valence-electron chi connectivity index (χ1n) is 6.72. The lowest BCUT2D eigenvalue weighted by Gasteiger charge is -2.12. The highest BCUT2D eigenvalue weighted by Crippen LogP contribution is 2.11. The molecule has 0 aliphatic rings. The molecule has 1 N–H and O–H groups in total. The van der Waals surface area contributed by atoms with Crippen LogP contribution in [-0.4, -0.2) is 28.7 Å². The van der Waals surface area contributed by atoms with Crippen molar-refractivity contribution in [1.29, 1.82) is 5.26 Å². The van der Waals surface area contributed by atoms with Gasteiger partial charge < -0.3 is 10.0 Å². The second-order valence-electron chi connectivity index (χ2n) is 5.17. The summed E-state index contributed by atoms with van der Waals surface area (Å²) in [7, 11) is 3.55. The Bertz CT molecular complexity index is 891. The fourth-order valence-electron chi connectivity index (χ4n) is 2.20. The Balaban J connectivity index is 2.78. The molecule has 0 spiro atoms. The van der Waals surface area contributed by atoms with E-state index in [1.807, 2.05) is 36.4 Å². The van der Waals surface area contributed by atoms with E-state index in [1.54, 1.807) is 25.2 Å². The molecule has 1 aromatic heterocycles. The van der Waals surface area contributed by atoms with Crippen molar-refractivity contribution in [3.05, 3.63) is 62.2 Å². The van der Waals surface area contributed by atoms with Crippen molar-refractivity contribution < 1.29 is 5.11 Å². The molecule has 5 nitrogen and oxygen atoms in total. The van der Waals surface area contributed by atoms with E-state index in [1.165, 1.54) is 4.57 Å². The maximum Gasteiger partial charge on any atom is 0.263 e. The van der Waals surface area contributed by atoms with Gasteiger partial charge in [-0.25, -0.2) is 0 Å². The average Bonchev–Trinajstić information content (AvgIpc) is 2.49. The van der Waals surface area contributed by atoms with Gasteiger partial charge in [0.25, 0.3) is 5.56 Å². The van der Waals surface area contributed by atoms with Crippen molar-refractivity contribution in [2.45, 2.75) is 6.54 Å². The van der Waals surface area contributed by atoms with Crippen molar-refractivity contribution in [3.8, 4) is 11.9 Å². The van der Waals surface area contributed by atoms with Crippen LogP contribution in [0.15, 0.2) is 35.1 Å². The number of hydrogen-bond acceptors (Lipinski definition) is 4. The van der Waals surface area contributed by atoms with Crippen LogP contribution >= 0.6 is 0 Å². The van der Waals surface area contributed by atoms with Gasteiger partial charge in [-0.2, -0.15) is 5.26 Å². The maximum atomic E-state index is 12.6. The second-order valence-corrected chi connectivity index (χ2v) is 5.17. The van der Waals surface area contributed by atoms with Gasteiger partial charge in [0.1, 0.15) is 11.6 Å². The van der Waals surface area contributed by atoms with Gasteiger partial charge in [0.05, 0.1) is 11.8 Å². The molecule has 1 heterocycles. The number of hydrogen-bond donors (Lipinski definition) is 1. The van der Waals surface area contributed by atoms with Gasteiger partial charge in [0.2, 0.25) is 5.88 Å². The van der Waals surface area contributed by atoms with Crippen LogP contribution < -0.4 is 16.0 Å². The molecule has 0 atom stereocenters. The molecule has 112 valence electrons. The zero-order valence-electron chi connectivity index (χ0n) is 12.6. The minimum Gasteiger partial charge on any atom is -0.493 e. The predicted molar refractivity (Wildman–Crippen MR) is 85.5 cm³/mol. The first-order chi connectivity index (χ1) is 10.5. The summed E-state index contributed by atoms with van der Waals surface area (Å²) >= 11 is 0. The minimum atomic E-state index is -0.376. The van der Waals surface area contributed by atoms with Crippen LogP contribution in [0.5, 0.6) is 5.88 Å². The summed E-state index contributed by atoms with van der Waals surface area (Å²) in [6, 6.07) is 11.2. The molecule has 0 aliphatic heterocycles. The highest BCUT2D eigenvalue weighted by Gasteiger charge is 2.13. The molecule has 0 aliphatic carbocycles. The van der Waals surface area contributed by atoms with Gasteiger partial charge in [-0.05, 0) is 5.56 Å². The smallest absolute Gasteiger partial charge is 0.263 e. The Labute approximate surface area is 128 Å². The molecule has 0 unspecified atom stereocenters. The zero-order chi connectivity index (χ0) is 16.3. The van der Waals surface area contributed by atoms with E-state index in [2.05, 4.69) is 6.58 Å². The largest absolute Gasteiger partial charge is 0.493 e. The molecule has 0 amide bonds. The van der Waals surface area contributed by atoms with Crippen molar-refractivity contribution in [3.63, 3.8) is 0 Å². The lowest BCUT2D eigenvalue weighted by Crippen LogP contribution is -2.47. The quantitative estimate of drug-likeness (QED) is 0.877. The molecular weight excluding hydrogens is 278 g/mol. The Kier molecular flexibility index (Phi) is 4.33. The predicted octanol–water partition coefficient (Wildman–Crippen LogP) is 0.184. The minimum absolute atomic E-state index is 0.0173. The monoisotopic (exact) mass is 295 g/mol. The van der Waals surface area contributed by atoms with E-state index in [0.29, 0.717) is 5.22 Å². The van der Waals surface area contributed by atoms with Crippen LogP contribution in [0.4, 0.5) is 0 Å². The number of pyridine rings is 1. The Morgan fingerprint density at radius 1 is 1.36 bits per heavy atom. The first kappa shape index (κ1) is 15.4. The van der Waals surface area contributed by atoms with E-state index >= 15 is 0 Å². The van der Waals surface area contributed by atoms with Crippen molar-refractivity contribution in [2.24, 2.45) is 0 Å². The Hall–Kier alpha value is -3.00. The molecule has 2 aromatic rings. The van der Waals surface area contributed by atoms with Gasteiger partial charge in [-0.15, -0.1) is 0 Å². The summed E-state index contributed by atoms with van der Waals surface area (Å²) in [5.41, 5.74) is 0.499. The highest BCUT2D eigenvalue weighted by molar-refractivity contribution is 5.43. The molecule has 1 aromatic carbocycles. The summed E-state index contributed by atoms with van der Waals surface area (Å²) in [4.78, 5) is 14.3. The molecule has 5 heteroatoms. The van der Waals surface area contributed by atoms with E-state index in [4.69, 9.17) is 0 Å². The van der Waals surface area contributed by atoms with Crippen LogP contribution in [0.2, 0.25) is 0 Å². The first-order valence-corrected chi connectivity index (χ1v) is 6.72. The van der Waals surface area contributed by atoms with Crippen molar-refractivity contribution in [2.75, 3.05) is 14.1 Å². The summed E-state index contributed by atoms with van der Waals surface area (Å²) < 4.78 is 1.19. The summed E-state index contributed by atoms with van der Waals surface area (Å²) in [6.45, 7) is 3.95. The number of nitrogens with zero attached hydrogens (tertiary/aromatic N) is 3. The van der Waals surface area contributed by atoms with Gasteiger partial charge in [0, 0.05) is 25.5 Å². The zero-order valence-corrected chi connectivity index (χ0v) is 12.6. The van der Waals surface area contributed by atoms with Gasteiger partial charge >= 0.3 is 0 Å². The summed E-state index contributed by atoms with van der Waals surface area (Å²) in [6.07, 6.45) is 1.60. The van der Waals surface area contributed by atoms with Crippen LogP contribution in [0.1, 0.15) is 11.1 Å². The average molecular weight is 295 g/mol. The van der Waals surface area contributed by atoms with Crippen molar-refractivity contribution in [1.82, 2.24) is 9.47 Å². The van der Waals surface area contributed by atoms with E-state index in [-0.39, 0.29) is 28.8 Å². The molecule has 22 heavy (non-hydrogen) atoms. The second kappa shape index (κ2) is 6.19. The number of rotatable bonds is 3. The van der Waals surface area contributed by atoms with Crippen molar-refractivity contribution >= 4 is 12.8 Å². The third kappa shape index (κ3) is 2.86. The lowest BCUT2D eigenvalue weighted by molar-refractivity contribution is 0.411. The third-order valence-corrected chi connectivity index (χ3v) is 3.26. The van der Waals surface area contributed by atoms with Gasteiger partial charge in [0.15, 0.2) is 0 Å². The number of aromatic nitrogens is 1. The van der Waals surface area contributed by atoms with Crippen LogP contribution in [0.25, 0.3) is 12.8 Å². The number of benzene rings is 1. The Morgan fingerprint density at radius 3 is 2.55 bits per heavy atom. The molecule has 0 fully saturated rings. The standard InChI is InChI=1S/C17H17N3O2/c1-12-14(9-18)16(21)20(10-13-7-5-4-6-8-13)17(22)15(12)11-19(2)3/h4-8,11,21H,1,10H2,2-3H3. The fraction of sp³-hybridized carbons (Fsp3) is 0.176. The van der Waals surface area contributed by atoms with E-state index in [9.17, 15) is 15.2 Å². The van der Waals surface area contributed by atoms with Gasteiger partial charge in [-0.3, -0.25) is 9.36 Å². The molecule has 0 saturated carbocycles. The molecular formula is C17H17N3O2. The number of aromatic hydroxyl groups is 1. The maximum absolute atomic E-state index is 12.6. The normalized spacial score (nSPS) is 11.2. The molecule has 0 radical (unpaired) electrons. The molecule has 0 saturated heterocycles. The lowest BCUT2D eigenvalue weighted by atomic mass is 10.1. The summed E-state index contributed by atoms with van der Waals surface area (Å²) in [5, 5.41) is 20.0. The van der Waals surface area contributed by atoms with Gasteiger partial charge in [-0.1, -0.05) is 36.9 Å². The SMILES string of the molecule is C=c1c(C#N)c(O)n(Cc2ccccc2)c(=O)c1=CN(C)C. The van der Waals surface area contributed by atoms with Crippen LogP contribution in [0.3, 0.4) is 0 Å². The fourth-order valence-corrected chi connectivity index (χ4v) is 2.20. The third-order valence-electron chi connectivity index (χ3n) is 3.26. The van der Waals surface area contributed by atoms with Crippen LogP contribution in [0, 0.1) is 11.3 Å². The van der Waals surface area contributed by atoms with E-state index in [0.717, 1.165) is 5.56 Å². The Morgan fingerprint density at radius 2 is 2.00 bits per heavy atom. The van der Waals surface area contributed by atoms with Crippen LogP contribution in [-0.2, 0) is 6.54 Å². The molecule has 2 rings (SSSR count). The topological polar surface area (TPSA) is 69.3 Å². The highest BCUT2D eigenvalue weighted by atomic mass is 16.3. The van der Waals surface area contributed by atoms with E-state index < -0.39 is 0 Å². The summed E-state index contributed by atoms with van der Waals surface area (Å²) in [5.74, 6) is -0.350.